The number of carbonyl (C=O) groups is 2. The van der Waals surface area contributed by atoms with Gasteiger partial charge in [0.05, 0.1) is 30.4 Å². The van der Waals surface area contributed by atoms with E-state index in [4.69, 9.17) is 9.47 Å². The molecule has 2 aliphatic heterocycles. The third-order valence-corrected chi connectivity index (χ3v) is 5.54. The van der Waals surface area contributed by atoms with E-state index in [0.717, 1.165) is 12.8 Å². The molecule has 2 heterocycles. The van der Waals surface area contributed by atoms with Crippen LogP contribution < -0.4 is 4.74 Å². The maximum Gasteiger partial charge on any atom is 0.295 e. The molecule has 0 bridgehead atoms. The lowest BCUT2D eigenvalue weighted by atomic mass is 9.95. The highest BCUT2D eigenvalue weighted by molar-refractivity contribution is 6.46. The number of phenols is 1. The molecule has 1 amide bonds. The fourth-order valence-corrected chi connectivity index (χ4v) is 4.06. The van der Waals surface area contributed by atoms with Crippen molar-refractivity contribution in [2.24, 2.45) is 0 Å². The van der Waals surface area contributed by atoms with E-state index in [2.05, 4.69) is 0 Å². The molecule has 0 aliphatic carbocycles. The van der Waals surface area contributed by atoms with Crippen molar-refractivity contribution in [1.82, 2.24) is 4.90 Å². The molecule has 2 atom stereocenters. The lowest BCUT2D eigenvalue weighted by Gasteiger charge is -2.27. The molecule has 2 fully saturated rings. The van der Waals surface area contributed by atoms with Gasteiger partial charge in [-0.25, -0.2) is 0 Å². The molecule has 0 spiro atoms. The first kappa shape index (κ1) is 20.0. The molecular formula is C23H23NO6. The van der Waals surface area contributed by atoms with Gasteiger partial charge in [0.25, 0.3) is 11.7 Å². The molecule has 2 N–H and O–H groups in total. The average molecular weight is 409 g/mol. The van der Waals surface area contributed by atoms with Crippen molar-refractivity contribution < 1.29 is 29.3 Å². The van der Waals surface area contributed by atoms with Crippen LogP contribution in [0.2, 0.25) is 0 Å². The molecule has 0 saturated carbocycles. The van der Waals surface area contributed by atoms with E-state index >= 15 is 0 Å². The molecule has 2 aromatic carbocycles. The lowest BCUT2D eigenvalue weighted by Crippen LogP contribution is -2.36. The van der Waals surface area contributed by atoms with Crippen LogP contribution in [0.25, 0.3) is 5.76 Å². The average Bonchev–Trinajstić information content (AvgIpc) is 3.36. The van der Waals surface area contributed by atoms with E-state index in [0.29, 0.717) is 23.5 Å². The highest BCUT2D eigenvalue weighted by atomic mass is 16.5. The third-order valence-electron chi connectivity index (χ3n) is 5.54. The van der Waals surface area contributed by atoms with Crippen molar-refractivity contribution in [3.8, 4) is 11.5 Å². The molecule has 7 heteroatoms. The first-order chi connectivity index (χ1) is 14.5. The van der Waals surface area contributed by atoms with Crippen molar-refractivity contribution in [3.05, 3.63) is 65.2 Å². The molecule has 2 aromatic rings. The van der Waals surface area contributed by atoms with Gasteiger partial charge in [-0.1, -0.05) is 24.3 Å². The molecule has 4 rings (SSSR count). The van der Waals surface area contributed by atoms with Gasteiger partial charge in [-0.15, -0.1) is 0 Å². The third kappa shape index (κ3) is 3.52. The van der Waals surface area contributed by atoms with Gasteiger partial charge in [0.1, 0.15) is 17.3 Å². The number of aliphatic hydroxyl groups excluding tert-OH is 1. The van der Waals surface area contributed by atoms with Crippen LogP contribution in [0.15, 0.2) is 54.1 Å². The number of aliphatic hydroxyl groups is 1. The van der Waals surface area contributed by atoms with Crippen LogP contribution in [-0.4, -0.2) is 53.2 Å². The van der Waals surface area contributed by atoms with Crippen LogP contribution in [0.1, 0.15) is 30.0 Å². The largest absolute Gasteiger partial charge is 0.508 e. The molecule has 2 saturated heterocycles. The zero-order valence-corrected chi connectivity index (χ0v) is 16.6. The van der Waals surface area contributed by atoms with Crippen LogP contribution in [0, 0.1) is 0 Å². The minimum atomic E-state index is -0.792. The number of nitrogens with zero attached hydrogens (tertiary/aromatic N) is 1. The number of methoxy groups -OCH3 is 1. The van der Waals surface area contributed by atoms with Crippen molar-refractivity contribution in [1.29, 1.82) is 0 Å². The predicted octanol–water partition coefficient (Wildman–Crippen LogP) is 3.00. The van der Waals surface area contributed by atoms with Crippen LogP contribution >= 0.6 is 0 Å². The van der Waals surface area contributed by atoms with Crippen molar-refractivity contribution in [2.75, 3.05) is 20.3 Å². The molecule has 30 heavy (non-hydrogen) atoms. The van der Waals surface area contributed by atoms with Gasteiger partial charge < -0.3 is 24.6 Å². The van der Waals surface area contributed by atoms with Gasteiger partial charge in [0.2, 0.25) is 0 Å². The Balaban J connectivity index is 1.85. The van der Waals surface area contributed by atoms with Crippen LogP contribution in [0.4, 0.5) is 0 Å². The van der Waals surface area contributed by atoms with Gasteiger partial charge in [-0.2, -0.15) is 0 Å². The summed E-state index contributed by atoms with van der Waals surface area (Å²) >= 11 is 0. The molecule has 2 aliphatic rings. The van der Waals surface area contributed by atoms with E-state index in [1.54, 1.807) is 36.4 Å². The summed E-state index contributed by atoms with van der Waals surface area (Å²) in [5.41, 5.74) is 0.938. The quantitative estimate of drug-likeness (QED) is 0.448. The molecule has 2 unspecified atom stereocenters. The number of para-hydroxylation sites is 1. The SMILES string of the molecule is COc1ccccc1/C(O)=C1/C(=O)C(=O)N(CC2CCCO2)C1c1ccc(O)cc1. The summed E-state index contributed by atoms with van der Waals surface area (Å²) in [5.74, 6) is -1.27. The van der Waals surface area contributed by atoms with Crippen LogP contribution in [0.3, 0.4) is 0 Å². The molecular weight excluding hydrogens is 386 g/mol. The maximum atomic E-state index is 13.0. The standard InChI is InChI=1S/C23H23NO6/c1-29-18-7-3-2-6-17(18)21(26)19-20(14-8-10-15(25)11-9-14)24(23(28)22(19)27)13-16-5-4-12-30-16/h2-3,6-11,16,20,25-26H,4-5,12-13H2,1H3/b21-19-. The lowest BCUT2D eigenvalue weighted by molar-refractivity contribution is -0.140. The number of rotatable bonds is 5. The summed E-state index contributed by atoms with van der Waals surface area (Å²) in [7, 11) is 1.47. The van der Waals surface area contributed by atoms with Crippen LogP contribution in [0.5, 0.6) is 11.5 Å². The highest BCUT2D eigenvalue weighted by Gasteiger charge is 2.47. The Bertz CT molecular complexity index is 991. The summed E-state index contributed by atoms with van der Waals surface area (Å²) in [6.45, 7) is 0.874. The Morgan fingerprint density at radius 2 is 1.90 bits per heavy atom. The number of amides is 1. The Kier molecular flexibility index (Phi) is 5.46. The van der Waals surface area contributed by atoms with Crippen molar-refractivity contribution in [3.63, 3.8) is 0 Å². The number of ketones is 1. The van der Waals surface area contributed by atoms with E-state index in [9.17, 15) is 19.8 Å². The van der Waals surface area contributed by atoms with Crippen molar-refractivity contribution >= 4 is 17.4 Å². The predicted molar refractivity (Wildman–Crippen MR) is 109 cm³/mol. The zero-order valence-electron chi connectivity index (χ0n) is 16.6. The second-order valence-corrected chi connectivity index (χ2v) is 7.38. The topological polar surface area (TPSA) is 96.3 Å². The Morgan fingerprint density at radius 1 is 1.17 bits per heavy atom. The van der Waals surface area contributed by atoms with Gasteiger partial charge in [0, 0.05) is 13.2 Å². The van der Waals surface area contributed by atoms with E-state index in [-0.39, 0.29) is 29.7 Å². The minimum absolute atomic E-state index is 0.00631. The molecule has 0 radical (unpaired) electrons. The second-order valence-electron chi connectivity index (χ2n) is 7.38. The summed E-state index contributed by atoms with van der Waals surface area (Å²) in [6.07, 6.45) is 1.55. The van der Waals surface area contributed by atoms with Crippen LogP contribution in [-0.2, 0) is 14.3 Å². The monoisotopic (exact) mass is 409 g/mol. The number of hydrogen-bond donors (Lipinski definition) is 2. The number of Topliss-reactive ketones (excluding diaryl/α,β-unsaturated/α-hetero) is 1. The smallest absolute Gasteiger partial charge is 0.295 e. The van der Waals surface area contributed by atoms with Gasteiger partial charge in [-0.3, -0.25) is 9.59 Å². The summed E-state index contributed by atoms with van der Waals surface area (Å²) < 4.78 is 11.0. The number of phenolic OH excluding ortho intramolecular Hbond substituents is 1. The fraction of sp³-hybridized carbons (Fsp3) is 0.304. The second kappa shape index (κ2) is 8.20. The van der Waals surface area contributed by atoms with Gasteiger partial charge in [0.15, 0.2) is 0 Å². The fourth-order valence-electron chi connectivity index (χ4n) is 4.06. The Morgan fingerprint density at radius 3 is 2.57 bits per heavy atom. The Hall–Kier alpha value is -3.32. The van der Waals surface area contributed by atoms with E-state index < -0.39 is 17.7 Å². The maximum absolute atomic E-state index is 13.0. The number of hydrogen-bond acceptors (Lipinski definition) is 6. The number of ether oxygens (including phenoxy) is 2. The molecule has 156 valence electrons. The zero-order chi connectivity index (χ0) is 21.3. The Labute approximate surface area is 174 Å². The van der Waals surface area contributed by atoms with E-state index in [1.165, 1.54) is 24.1 Å². The highest BCUT2D eigenvalue weighted by Crippen LogP contribution is 2.41. The molecule has 7 nitrogen and oxygen atoms in total. The molecule has 0 aromatic heterocycles. The summed E-state index contributed by atoms with van der Waals surface area (Å²) in [6, 6.07) is 12.3. The number of aromatic hydroxyl groups is 1. The van der Waals surface area contributed by atoms with E-state index in [1.807, 2.05) is 0 Å². The van der Waals surface area contributed by atoms with Crippen molar-refractivity contribution in [2.45, 2.75) is 25.0 Å². The summed E-state index contributed by atoms with van der Waals surface area (Å²) in [4.78, 5) is 27.4. The summed E-state index contributed by atoms with van der Waals surface area (Å²) in [5, 5.41) is 20.8. The number of likely N-dealkylation sites (tertiary alicyclic amines) is 1. The number of carbonyl (C=O) groups excluding carboxylic acids is 2. The normalized spacial score (nSPS) is 23.2. The van der Waals surface area contributed by atoms with Gasteiger partial charge in [-0.05, 0) is 42.7 Å². The first-order valence-electron chi connectivity index (χ1n) is 9.83. The first-order valence-corrected chi connectivity index (χ1v) is 9.83. The van der Waals surface area contributed by atoms with Gasteiger partial charge >= 0.3 is 0 Å². The minimum Gasteiger partial charge on any atom is -0.508 e. The number of benzene rings is 2.